The standard InChI is InChI=1S/C13H9N/c1-2-9-14-13(6-1)12-8-7-10-4-3-5-11(10)12/h1-9H. The Balaban J connectivity index is 2.05. The normalized spacial score (nSPS) is 17.6. The van der Waals surface area contributed by atoms with E-state index < -0.39 is 0 Å². The first-order chi connectivity index (χ1) is 6.95. The zero-order valence-corrected chi connectivity index (χ0v) is 7.64. The van der Waals surface area contributed by atoms with Crippen LogP contribution in [0.4, 0.5) is 0 Å². The second kappa shape index (κ2) is 2.81. The van der Waals surface area contributed by atoms with Gasteiger partial charge in [0.25, 0.3) is 0 Å². The highest BCUT2D eigenvalue weighted by molar-refractivity contribution is 5.89. The van der Waals surface area contributed by atoms with Gasteiger partial charge in [0.05, 0.1) is 5.69 Å². The Morgan fingerprint density at radius 1 is 0.929 bits per heavy atom. The minimum atomic E-state index is 1.05. The molecule has 1 heteroatoms. The SMILES string of the molecule is C1=CC2=CC=C(c3ccccn3)C2=C1. The lowest BCUT2D eigenvalue weighted by Gasteiger charge is -2.03. The maximum Gasteiger partial charge on any atom is 0.0708 e. The molecule has 0 bridgehead atoms. The molecular weight excluding hydrogens is 170 g/mol. The van der Waals surface area contributed by atoms with Crippen LogP contribution in [0.15, 0.2) is 65.9 Å². The molecule has 2 aliphatic carbocycles. The summed E-state index contributed by atoms with van der Waals surface area (Å²) in [5.74, 6) is 0. The van der Waals surface area contributed by atoms with Crippen molar-refractivity contribution in [3.63, 3.8) is 0 Å². The van der Waals surface area contributed by atoms with Crippen LogP contribution in [0.5, 0.6) is 0 Å². The summed E-state index contributed by atoms with van der Waals surface area (Å²) < 4.78 is 0. The molecule has 0 saturated heterocycles. The van der Waals surface area contributed by atoms with Gasteiger partial charge in [-0.2, -0.15) is 0 Å². The quantitative estimate of drug-likeness (QED) is 0.646. The molecule has 0 N–H and O–H groups in total. The predicted octanol–water partition coefficient (Wildman–Crippen LogP) is 2.90. The van der Waals surface area contributed by atoms with E-state index in [1.165, 1.54) is 16.7 Å². The molecular formula is C13H9N. The number of rotatable bonds is 1. The fraction of sp³-hybridized carbons (Fsp3) is 0. The van der Waals surface area contributed by atoms with E-state index in [-0.39, 0.29) is 0 Å². The molecule has 0 unspecified atom stereocenters. The van der Waals surface area contributed by atoms with Crippen LogP contribution in [-0.2, 0) is 0 Å². The first kappa shape index (κ1) is 7.51. The van der Waals surface area contributed by atoms with Crippen molar-refractivity contribution in [1.29, 1.82) is 0 Å². The number of hydrogen-bond acceptors (Lipinski definition) is 1. The molecule has 1 heterocycles. The second-order valence-corrected chi connectivity index (χ2v) is 3.36. The Morgan fingerprint density at radius 3 is 2.79 bits per heavy atom. The first-order valence-electron chi connectivity index (χ1n) is 4.68. The van der Waals surface area contributed by atoms with Gasteiger partial charge in [-0.15, -0.1) is 0 Å². The molecule has 1 aromatic heterocycles. The summed E-state index contributed by atoms with van der Waals surface area (Å²) in [6.07, 6.45) is 12.4. The molecule has 1 nitrogen and oxygen atoms in total. The predicted molar refractivity (Wildman–Crippen MR) is 57.5 cm³/mol. The van der Waals surface area contributed by atoms with Crippen LogP contribution in [0.2, 0.25) is 0 Å². The van der Waals surface area contributed by atoms with Gasteiger partial charge in [0, 0.05) is 11.8 Å². The third-order valence-electron chi connectivity index (χ3n) is 2.51. The summed E-state index contributed by atoms with van der Waals surface area (Å²) in [6.45, 7) is 0. The molecule has 0 aliphatic heterocycles. The number of nitrogens with zero attached hydrogens (tertiary/aromatic N) is 1. The molecule has 0 atom stereocenters. The number of fused-ring (bicyclic) bond motifs is 1. The molecule has 0 fully saturated rings. The zero-order valence-electron chi connectivity index (χ0n) is 7.64. The minimum absolute atomic E-state index is 1.05. The number of aromatic nitrogens is 1. The monoisotopic (exact) mass is 179 g/mol. The first-order valence-corrected chi connectivity index (χ1v) is 4.68. The molecule has 0 aromatic carbocycles. The Bertz CT molecular complexity index is 487. The molecule has 0 spiro atoms. The van der Waals surface area contributed by atoms with Crippen molar-refractivity contribution in [2.24, 2.45) is 0 Å². The third-order valence-corrected chi connectivity index (χ3v) is 2.51. The molecule has 1 aromatic rings. The van der Waals surface area contributed by atoms with Gasteiger partial charge in [-0.25, -0.2) is 0 Å². The Labute approximate surface area is 82.8 Å². The smallest absolute Gasteiger partial charge is 0.0708 e. The van der Waals surface area contributed by atoms with E-state index in [1.807, 2.05) is 24.4 Å². The Kier molecular flexibility index (Phi) is 1.51. The summed E-state index contributed by atoms with van der Waals surface area (Å²) in [7, 11) is 0. The minimum Gasteiger partial charge on any atom is -0.256 e. The van der Waals surface area contributed by atoms with E-state index in [2.05, 4.69) is 35.4 Å². The third kappa shape index (κ3) is 0.990. The van der Waals surface area contributed by atoms with E-state index in [9.17, 15) is 0 Å². The number of allylic oxidation sites excluding steroid dienone is 8. The van der Waals surface area contributed by atoms with Crippen molar-refractivity contribution < 1.29 is 0 Å². The zero-order chi connectivity index (χ0) is 9.38. The molecule has 0 saturated carbocycles. The van der Waals surface area contributed by atoms with Gasteiger partial charge in [0.2, 0.25) is 0 Å². The van der Waals surface area contributed by atoms with Crippen molar-refractivity contribution in [2.75, 3.05) is 0 Å². The van der Waals surface area contributed by atoms with E-state index >= 15 is 0 Å². The maximum absolute atomic E-state index is 4.35. The maximum atomic E-state index is 4.35. The highest BCUT2D eigenvalue weighted by atomic mass is 14.7. The van der Waals surface area contributed by atoms with Gasteiger partial charge in [-0.3, -0.25) is 4.98 Å². The van der Waals surface area contributed by atoms with E-state index in [4.69, 9.17) is 0 Å². The summed E-state index contributed by atoms with van der Waals surface area (Å²) in [4.78, 5) is 4.35. The van der Waals surface area contributed by atoms with Crippen LogP contribution < -0.4 is 0 Å². The van der Waals surface area contributed by atoms with Gasteiger partial charge in [0.1, 0.15) is 0 Å². The van der Waals surface area contributed by atoms with Gasteiger partial charge >= 0.3 is 0 Å². The lowest BCUT2D eigenvalue weighted by molar-refractivity contribution is 1.28. The summed E-state index contributed by atoms with van der Waals surface area (Å²) in [6, 6.07) is 6.00. The van der Waals surface area contributed by atoms with Crippen LogP contribution in [0.25, 0.3) is 5.57 Å². The average Bonchev–Trinajstić information content (AvgIpc) is 2.79. The van der Waals surface area contributed by atoms with Crippen molar-refractivity contribution >= 4 is 5.57 Å². The lowest BCUT2D eigenvalue weighted by atomic mass is 10.0. The fourth-order valence-electron chi connectivity index (χ4n) is 1.83. The van der Waals surface area contributed by atoms with Crippen LogP contribution in [0.3, 0.4) is 0 Å². The van der Waals surface area contributed by atoms with Crippen molar-refractivity contribution in [1.82, 2.24) is 4.98 Å². The van der Waals surface area contributed by atoms with E-state index in [0.717, 1.165) is 5.69 Å². The van der Waals surface area contributed by atoms with Crippen molar-refractivity contribution in [2.45, 2.75) is 0 Å². The average molecular weight is 179 g/mol. The number of hydrogen-bond donors (Lipinski definition) is 0. The molecule has 3 rings (SSSR count). The molecule has 14 heavy (non-hydrogen) atoms. The highest BCUT2D eigenvalue weighted by Gasteiger charge is 2.17. The Hall–Kier alpha value is -1.89. The Morgan fingerprint density at radius 2 is 1.93 bits per heavy atom. The second-order valence-electron chi connectivity index (χ2n) is 3.36. The lowest BCUT2D eigenvalue weighted by Crippen LogP contribution is -1.88. The van der Waals surface area contributed by atoms with Gasteiger partial charge in [-0.05, 0) is 23.3 Å². The van der Waals surface area contributed by atoms with Crippen molar-refractivity contribution in [3.8, 4) is 0 Å². The molecule has 0 amide bonds. The van der Waals surface area contributed by atoms with Crippen LogP contribution in [-0.4, -0.2) is 4.98 Å². The summed E-state index contributed by atoms with van der Waals surface area (Å²) in [5, 5.41) is 0. The molecule has 2 aliphatic rings. The summed E-state index contributed by atoms with van der Waals surface area (Å²) in [5.41, 5.74) is 4.87. The van der Waals surface area contributed by atoms with Gasteiger partial charge < -0.3 is 0 Å². The number of pyridine rings is 1. The van der Waals surface area contributed by atoms with Gasteiger partial charge in [0.15, 0.2) is 0 Å². The molecule has 66 valence electrons. The van der Waals surface area contributed by atoms with Crippen LogP contribution in [0, 0.1) is 0 Å². The largest absolute Gasteiger partial charge is 0.256 e. The fourth-order valence-corrected chi connectivity index (χ4v) is 1.83. The van der Waals surface area contributed by atoms with Crippen molar-refractivity contribution in [3.05, 3.63) is 71.6 Å². The van der Waals surface area contributed by atoms with E-state index in [1.54, 1.807) is 0 Å². The summed E-state index contributed by atoms with van der Waals surface area (Å²) >= 11 is 0. The van der Waals surface area contributed by atoms with Crippen LogP contribution in [0.1, 0.15) is 5.69 Å². The van der Waals surface area contributed by atoms with Gasteiger partial charge in [-0.1, -0.05) is 36.4 Å². The highest BCUT2D eigenvalue weighted by Crippen LogP contribution is 2.36. The molecule has 0 radical (unpaired) electrons. The van der Waals surface area contributed by atoms with Crippen LogP contribution >= 0.6 is 0 Å². The topological polar surface area (TPSA) is 12.9 Å². The van der Waals surface area contributed by atoms with E-state index in [0.29, 0.717) is 0 Å².